The summed E-state index contributed by atoms with van der Waals surface area (Å²) in [5, 5.41) is 0. The zero-order chi connectivity index (χ0) is 9.99. The average molecular weight is 285 g/mol. The number of phosphoric acid groups is 2. The summed E-state index contributed by atoms with van der Waals surface area (Å²) in [4.78, 5) is 26.6. The third-order valence-corrected chi connectivity index (χ3v) is 2.89. The Hall–Kier alpha value is 0.219. The van der Waals surface area contributed by atoms with Gasteiger partial charge in [0, 0.05) is 0 Å². The van der Waals surface area contributed by atoms with Gasteiger partial charge in [0.25, 0.3) is 7.82 Å². The van der Waals surface area contributed by atoms with E-state index in [1.165, 1.54) is 13.8 Å². The summed E-state index contributed by atoms with van der Waals surface area (Å²) in [5.74, 6) is 0. The van der Waals surface area contributed by atoms with Crippen LogP contribution in [0.2, 0.25) is 0 Å². The van der Waals surface area contributed by atoms with Crippen molar-refractivity contribution in [2.75, 3.05) is 0 Å². The largest absolute Gasteiger partial charge is 2.00 e. The molecule has 0 aromatic rings. The van der Waals surface area contributed by atoms with Crippen molar-refractivity contribution in [2.24, 2.45) is 0 Å². The second kappa shape index (κ2) is 10.4. The van der Waals surface area contributed by atoms with Crippen LogP contribution in [0, 0.1) is 0 Å². The number of phosphoric ester groups is 1. The molecule has 2 atom stereocenters. The van der Waals surface area contributed by atoms with E-state index in [2.05, 4.69) is 8.83 Å². The standard InChI is InChI=1S/C3H10O7P2.Be.3FH/c1-3(2)9-12(7,8)10-11(4,5)6;;;;/h3H,1-2H3,(H,7,8)(H2,4,5,6);;3*1H/q;+2;;;/p-4. The van der Waals surface area contributed by atoms with Crippen LogP contribution >= 0.6 is 15.6 Å². The minimum atomic E-state index is -5.23. The smallest absolute Gasteiger partial charge is 1.00 e. The third kappa shape index (κ3) is 19.7. The number of halogens is 3. The van der Waals surface area contributed by atoms with E-state index < -0.39 is 21.7 Å². The molecule has 0 aromatic heterocycles. The van der Waals surface area contributed by atoms with E-state index in [1.807, 2.05) is 0 Å². The van der Waals surface area contributed by atoms with Crippen LogP contribution in [0.1, 0.15) is 13.8 Å². The number of hydrogen-bond donors (Lipinski definition) is 2. The fraction of sp³-hybridized carbons (Fsp3) is 1.00. The van der Waals surface area contributed by atoms with Gasteiger partial charge < -0.3 is 28.8 Å². The van der Waals surface area contributed by atoms with Crippen LogP contribution in [-0.4, -0.2) is 26.0 Å². The maximum absolute atomic E-state index is 10.6. The summed E-state index contributed by atoms with van der Waals surface area (Å²) in [6.45, 7) is 2.80. The van der Waals surface area contributed by atoms with Gasteiger partial charge in [-0.3, -0.25) is 9.09 Å². The molecule has 2 unspecified atom stereocenters. The van der Waals surface area contributed by atoms with E-state index in [-0.39, 0.29) is 24.2 Å². The molecule has 0 saturated heterocycles. The molecule has 2 N–H and O–H groups in total. The van der Waals surface area contributed by atoms with Gasteiger partial charge in [0.2, 0.25) is 0 Å². The number of rotatable bonds is 4. The molecule has 0 bridgehead atoms. The Morgan fingerprint density at radius 2 is 1.44 bits per heavy atom. The summed E-state index contributed by atoms with van der Waals surface area (Å²) in [6.07, 6.45) is -0.688. The van der Waals surface area contributed by atoms with Gasteiger partial charge >= 0.3 is 17.9 Å². The van der Waals surface area contributed by atoms with E-state index in [4.69, 9.17) is 9.79 Å². The van der Waals surface area contributed by atoms with Crippen molar-refractivity contribution < 1.29 is 46.8 Å². The van der Waals surface area contributed by atoms with Crippen LogP contribution < -0.4 is 19.0 Å². The summed E-state index contributed by atoms with van der Waals surface area (Å²) in [7, 11) is -9.93. The first-order valence-corrected chi connectivity index (χ1v) is 5.88. The fourth-order valence-corrected chi connectivity index (χ4v) is 2.15. The van der Waals surface area contributed by atoms with Gasteiger partial charge in [0.1, 0.15) is 0 Å². The van der Waals surface area contributed by atoms with Crippen LogP contribution in [0.3, 0.4) is 0 Å². The van der Waals surface area contributed by atoms with Crippen LogP contribution in [0.15, 0.2) is 0 Å². The van der Waals surface area contributed by atoms with E-state index in [9.17, 15) is 14.0 Å². The van der Waals surface area contributed by atoms with Gasteiger partial charge in [-0.05, 0) is 13.8 Å². The van der Waals surface area contributed by atoms with Gasteiger partial charge in [-0.1, -0.05) is 0 Å². The fourth-order valence-electron chi connectivity index (χ4n) is 0.416. The molecule has 16 heavy (non-hydrogen) atoms. The van der Waals surface area contributed by atoms with Crippen molar-refractivity contribution in [1.29, 1.82) is 0 Å². The quantitative estimate of drug-likeness (QED) is 0.389. The summed E-state index contributed by atoms with van der Waals surface area (Å²) in [5.41, 5.74) is 0. The average Bonchev–Trinajstić information content (AvgIpc) is 1.48. The van der Waals surface area contributed by atoms with Gasteiger partial charge in [-0.15, -0.1) is 0 Å². The Labute approximate surface area is 93.3 Å². The molecular formula is C3H9BeF3O7P2-2. The molecule has 0 aliphatic rings. The zero-order valence-corrected chi connectivity index (χ0v) is 10.0. The maximum Gasteiger partial charge on any atom is 2.00 e. The molecule has 0 rings (SSSR count). The van der Waals surface area contributed by atoms with E-state index in [0.29, 0.717) is 0 Å². The van der Waals surface area contributed by atoms with Crippen molar-refractivity contribution >= 4 is 25.8 Å². The van der Waals surface area contributed by atoms with E-state index in [0.717, 1.165) is 0 Å². The predicted molar refractivity (Wildman–Crippen MR) is 42.7 cm³/mol. The molecule has 0 heterocycles. The molecule has 7 nitrogen and oxygen atoms in total. The molecule has 0 saturated carbocycles. The van der Waals surface area contributed by atoms with Crippen molar-refractivity contribution in [3.63, 3.8) is 0 Å². The van der Waals surface area contributed by atoms with Crippen LogP contribution in [0.4, 0.5) is 0 Å². The molecule has 0 aliphatic carbocycles. The predicted octanol–water partition coefficient (Wildman–Crippen LogP) is -9.38. The Balaban J connectivity index is -0.000000101. The third-order valence-electron chi connectivity index (χ3n) is 0.550. The van der Waals surface area contributed by atoms with Crippen molar-refractivity contribution in [2.45, 2.75) is 20.0 Å². The van der Waals surface area contributed by atoms with Crippen LogP contribution in [0.25, 0.3) is 0 Å². The molecule has 0 aromatic carbocycles. The molecular weight excluding hydrogens is 276 g/mol. The van der Waals surface area contributed by atoms with Crippen molar-refractivity contribution in [3.8, 4) is 0 Å². The second-order valence-electron chi connectivity index (χ2n) is 2.17. The molecule has 0 aliphatic heterocycles. The van der Waals surface area contributed by atoms with E-state index >= 15 is 0 Å². The van der Waals surface area contributed by atoms with Gasteiger partial charge in [0.05, 0.1) is 6.10 Å². The Morgan fingerprint density at radius 1 is 1.12 bits per heavy atom. The normalized spacial score (nSPS) is 16.4. The topological polar surface area (TPSA) is 116 Å². The number of hydrogen-bond acceptors (Lipinski definition) is 5. The van der Waals surface area contributed by atoms with Gasteiger partial charge in [0.15, 0.2) is 0 Å². The van der Waals surface area contributed by atoms with Crippen LogP contribution in [0.5, 0.6) is 0 Å². The minimum absolute atomic E-state index is 0. The molecule has 98 valence electrons. The van der Waals surface area contributed by atoms with E-state index in [1.54, 1.807) is 0 Å². The monoisotopic (exact) mass is 285 g/mol. The summed E-state index contributed by atoms with van der Waals surface area (Å²) < 4.78 is 28.1. The molecule has 0 fully saturated rings. The first-order chi connectivity index (χ1) is 5.12. The second-order valence-corrected chi connectivity index (χ2v) is 4.91. The Kier molecular flexibility index (Phi) is 19.4. The first-order valence-electron chi connectivity index (χ1n) is 2.89. The van der Waals surface area contributed by atoms with Crippen LogP contribution in [-0.2, 0) is 18.0 Å². The summed E-state index contributed by atoms with van der Waals surface area (Å²) >= 11 is 0. The molecule has 13 heteroatoms. The van der Waals surface area contributed by atoms with Gasteiger partial charge in [-0.25, -0.2) is 8.88 Å². The molecule has 0 spiro atoms. The van der Waals surface area contributed by atoms with Crippen molar-refractivity contribution in [1.82, 2.24) is 0 Å². The SMILES string of the molecule is CC(C)OP(=O)(O)OP(=O)([O-])O.[Be+2].[F-].[F-].[F-]. The summed E-state index contributed by atoms with van der Waals surface area (Å²) in [6, 6.07) is 0. The van der Waals surface area contributed by atoms with Gasteiger partial charge in [-0.2, -0.15) is 0 Å². The zero-order valence-electron chi connectivity index (χ0n) is 8.25. The minimum Gasteiger partial charge on any atom is -1.00 e. The molecule has 0 radical (unpaired) electrons. The van der Waals surface area contributed by atoms with Crippen molar-refractivity contribution in [3.05, 3.63) is 0 Å². The Morgan fingerprint density at radius 3 is 1.62 bits per heavy atom. The molecule has 0 amide bonds. The maximum atomic E-state index is 10.6. The first kappa shape index (κ1) is 29.8. The Bertz CT molecular complexity index is 245.